The second kappa shape index (κ2) is 7.21. The smallest absolute Gasteiger partial charge is 0.306 e. The fraction of sp³-hybridized carbons (Fsp3) is 0.792. The van der Waals surface area contributed by atoms with Crippen LogP contribution in [-0.4, -0.2) is 29.0 Å². The van der Waals surface area contributed by atoms with Crippen LogP contribution in [0.1, 0.15) is 78.6 Å². The predicted octanol–water partition coefficient (Wildman–Crippen LogP) is 5.02. The monoisotopic (exact) mass is 420 g/mol. The minimum absolute atomic E-state index is 0.0972. The molecule has 0 bridgehead atoms. The van der Waals surface area contributed by atoms with E-state index in [1.807, 2.05) is 0 Å². The number of hydrogen-bond donors (Lipinski definition) is 0. The van der Waals surface area contributed by atoms with Gasteiger partial charge in [0.05, 0.1) is 5.88 Å². The predicted molar refractivity (Wildman–Crippen MR) is 112 cm³/mol. The lowest BCUT2D eigenvalue weighted by atomic mass is 9.48. The largest absolute Gasteiger partial charge is 0.450 e. The molecule has 6 atom stereocenters. The molecule has 0 saturated heterocycles. The number of carbonyl (C=O) groups excluding carboxylic acids is 3. The SMILES string of the molecule is CCC(=O)O[C@]1(C(=O)CCl)CC[C@H]2[C@@H]3CC[C@@H]4CC(=O)CC[C@]4(C)C3=CC[C@@]21C. The lowest BCUT2D eigenvalue weighted by Gasteiger charge is -2.56. The molecule has 0 heterocycles. The molecule has 0 aromatic heterocycles. The highest BCUT2D eigenvalue weighted by molar-refractivity contribution is 6.29. The van der Waals surface area contributed by atoms with Crippen LogP contribution >= 0.6 is 11.6 Å². The number of carbonyl (C=O) groups is 3. The van der Waals surface area contributed by atoms with Gasteiger partial charge < -0.3 is 4.74 Å². The van der Waals surface area contributed by atoms with Gasteiger partial charge in [-0.15, -0.1) is 11.6 Å². The number of fused-ring (bicyclic) bond motifs is 5. The lowest BCUT2D eigenvalue weighted by molar-refractivity contribution is -0.182. The highest BCUT2D eigenvalue weighted by atomic mass is 35.5. The fourth-order valence-electron chi connectivity index (χ4n) is 7.37. The molecular formula is C24H33ClO4. The maximum Gasteiger partial charge on any atom is 0.306 e. The third-order valence-corrected chi connectivity index (χ3v) is 9.35. The van der Waals surface area contributed by atoms with Crippen molar-refractivity contribution in [1.29, 1.82) is 0 Å². The lowest BCUT2D eigenvalue weighted by Crippen LogP contribution is -2.57. The molecule has 0 aromatic carbocycles. The fourth-order valence-corrected chi connectivity index (χ4v) is 7.59. The Morgan fingerprint density at radius 1 is 1.21 bits per heavy atom. The van der Waals surface area contributed by atoms with E-state index in [1.165, 1.54) is 5.57 Å². The maximum atomic E-state index is 13.1. The van der Waals surface area contributed by atoms with Gasteiger partial charge in [0.1, 0.15) is 5.78 Å². The van der Waals surface area contributed by atoms with Gasteiger partial charge in [0, 0.05) is 24.7 Å². The number of alkyl halides is 1. The van der Waals surface area contributed by atoms with Crippen LogP contribution in [0.25, 0.3) is 0 Å². The number of ether oxygens (including phenoxy) is 1. The molecule has 0 N–H and O–H groups in total. The summed E-state index contributed by atoms with van der Waals surface area (Å²) in [6.07, 6.45) is 9.28. The van der Waals surface area contributed by atoms with E-state index in [1.54, 1.807) is 6.92 Å². The van der Waals surface area contributed by atoms with Crippen molar-refractivity contribution in [1.82, 2.24) is 0 Å². The van der Waals surface area contributed by atoms with Gasteiger partial charge >= 0.3 is 5.97 Å². The van der Waals surface area contributed by atoms with Crippen LogP contribution in [-0.2, 0) is 19.1 Å². The molecule has 0 amide bonds. The summed E-state index contributed by atoms with van der Waals surface area (Å²) in [5, 5.41) is 0. The van der Waals surface area contributed by atoms with Crippen molar-refractivity contribution in [2.45, 2.75) is 84.2 Å². The standard InChI is InChI=1S/C24H33ClO4/c1-4-21(28)29-24(20(27)14-25)12-9-19-17-6-5-15-13-16(26)7-10-22(15,2)18(17)8-11-23(19,24)3/h8,15,17,19H,4-7,9-14H2,1-3H3/t15-,17-,19+,22+,23+,24+/m1/s1. The molecule has 0 spiro atoms. The topological polar surface area (TPSA) is 60.4 Å². The van der Waals surface area contributed by atoms with Crippen molar-refractivity contribution < 1.29 is 19.1 Å². The van der Waals surface area contributed by atoms with Crippen molar-refractivity contribution in [3.63, 3.8) is 0 Å². The average molecular weight is 421 g/mol. The van der Waals surface area contributed by atoms with E-state index in [4.69, 9.17) is 16.3 Å². The van der Waals surface area contributed by atoms with Crippen molar-refractivity contribution in [3.8, 4) is 0 Å². The minimum atomic E-state index is -1.10. The quantitative estimate of drug-likeness (QED) is 0.364. The molecule has 4 aliphatic rings. The molecule has 3 fully saturated rings. The van der Waals surface area contributed by atoms with Crippen LogP contribution in [0, 0.1) is 28.6 Å². The Morgan fingerprint density at radius 3 is 2.66 bits per heavy atom. The van der Waals surface area contributed by atoms with E-state index in [-0.39, 0.29) is 29.5 Å². The van der Waals surface area contributed by atoms with Gasteiger partial charge in [-0.1, -0.05) is 32.4 Å². The minimum Gasteiger partial charge on any atom is -0.450 e. The molecule has 160 valence electrons. The number of ketones is 2. The van der Waals surface area contributed by atoms with Crippen LogP contribution < -0.4 is 0 Å². The third kappa shape index (κ3) is 2.88. The van der Waals surface area contributed by atoms with Gasteiger partial charge in [-0.2, -0.15) is 0 Å². The van der Waals surface area contributed by atoms with Crippen molar-refractivity contribution in [3.05, 3.63) is 11.6 Å². The van der Waals surface area contributed by atoms with Gasteiger partial charge in [0.25, 0.3) is 0 Å². The summed E-state index contributed by atoms with van der Waals surface area (Å²) in [7, 11) is 0. The molecular weight excluding hydrogens is 388 g/mol. The Morgan fingerprint density at radius 2 is 1.97 bits per heavy atom. The molecule has 0 radical (unpaired) electrons. The Hall–Kier alpha value is -1.16. The van der Waals surface area contributed by atoms with E-state index < -0.39 is 11.0 Å². The first-order valence-electron chi connectivity index (χ1n) is 11.2. The van der Waals surface area contributed by atoms with Gasteiger partial charge in [-0.3, -0.25) is 14.4 Å². The second-order valence-electron chi connectivity index (χ2n) is 10.2. The molecule has 29 heavy (non-hydrogen) atoms. The zero-order valence-corrected chi connectivity index (χ0v) is 18.6. The number of esters is 1. The highest BCUT2D eigenvalue weighted by Gasteiger charge is 2.67. The molecule has 4 rings (SSSR count). The van der Waals surface area contributed by atoms with Crippen molar-refractivity contribution >= 4 is 29.1 Å². The summed E-state index contributed by atoms with van der Waals surface area (Å²) in [5.41, 5.74) is 0.0974. The summed E-state index contributed by atoms with van der Waals surface area (Å²) in [4.78, 5) is 37.4. The number of hydrogen-bond acceptors (Lipinski definition) is 4. The van der Waals surface area contributed by atoms with E-state index in [0.29, 0.717) is 42.8 Å². The third-order valence-electron chi connectivity index (χ3n) is 9.11. The normalized spacial score (nSPS) is 43.7. The number of Topliss-reactive ketones (excluding diaryl/α,β-unsaturated/α-hetero) is 2. The molecule has 3 saturated carbocycles. The second-order valence-corrected chi connectivity index (χ2v) is 10.4. The number of allylic oxidation sites excluding steroid dienone is 2. The Bertz CT molecular complexity index is 773. The summed E-state index contributed by atoms with van der Waals surface area (Å²) >= 11 is 6.02. The first kappa shape index (κ1) is 21.1. The van der Waals surface area contributed by atoms with Crippen LogP contribution in [0.4, 0.5) is 0 Å². The Labute approximate surface area is 178 Å². The van der Waals surface area contributed by atoms with Gasteiger partial charge in [0.15, 0.2) is 11.4 Å². The van der Waals surface area contributed by atoms with Crippen LogP contribution in [0.5, 0.6) is 0 Å². The first-order valence-corrected chi connectivity index (χ1v) is 11.8. The summed E-state index contributed by atoms with van der Waals surface area (Å²) in [5.74, 6) is 0.994. The molecule has 4 nitrogen and oxygen atoms in total. The average Bonchev–Trinajstić information content (AvgIpc) is 3.01. The first-order chi connectivity index (χ1) is 13.7. The zero-order chi connectivity index (χ0) is 21.0. The number of rotatable bonds is 4. The Balaban J connectivity index is 1.73. The Kier molecular flexibility index (Phi) is 5.25. The summed E-state index contributed by atoms with van der Waals surface area (Å²) in [6, 6.07) is 0. The maximum absolute atomic E-state index is 13.1. The van der Waals surface area contributed by atoms with Gasteiger partial charge in [0.2, 0.25) is 0 Å². The molecule has 0 aliphatic heterocycles. The summed E-state index contributed by atoms with van der Waals surface area (Å²) in [6.45, 7) is 6.26. The van der Waals surface area contributed by atoms with E-state index >= 15 is 0 Å². The molecule has 0 aromatic rings. The van der Waals surface area contributed by atoms with Crippen LogP contribution in [0.2, 0.25) is 0 Å². The zero-order valence-electron chi connectivity index (χ0n) is 17.9. The van der Waals surface area contributed by atoms with E-state index in [2.05, 4.69) is 19.9 Å². The van der Waals surface area contributed by atoms with Gasteiger partial charge in [-0.25, -0.2) is 0 Å². The number of halogens is 1. The summed E-state index contributed by atoms with van der Waals surface area (Å²) < 4.78 is 5.95. The van der Waals surface area contributed by atoms with Crippen molar-refractivity contribution in [2.24, 2.45) is 28.6 Å². The van der Waals surface area contributed by atoms with E-state index in [9.17, 15) is 14.4 Å². The highest BCUT2D eigenvalue weighted by Crippen LogP contribution is 2.67. The molecule has 0 unspecified atom stereocenters. The van der Waals surface area contributed by atoms with Crippen molar-refractivity contribution in [2.75, 3.05) is 5.88 Å². The van der Waals surface area contributed by atoms with E-state index in [0.717, 1.165) is 32.1 Å². The van der Waals surface area contributed by atoms with Crippen LogP contribution in [0.3, 0.4) is 0 Å². The van der Waals surface area contributed by atoms with Gasteiger partial charge in [-0.05, 0) is 61.7 Å². The molecule has 4 aliphatic carbocycles. The van der Waals surface area contributed by atoms with Crippen LogP contribution in [0.15, 0.2) is 11.6 Å². The molecule has 5 heteroatoms.